The molecule has 152 valence electrons. The van der Waals surface area contributed by atoms with Crippen molar-refractivity contribution in [2.24, 2.45) is 5.41 Å². The molecule has 0 spiro atoms. The van der Waals surface area contributed by atoms with E-state index in [0.717, 1.165) is 19.1 Å². The zero-order chi connectivity index (χ0) is 18.6. The Labute approximate surface area is 164 Å². The number of ether oxygens (including phenoxy) is 1. The summed E-state index contributed by atoms with van der Waals surface area (Å²) in [6.07, 6.45) is 22.0. The van der Waals surface area contributed by atoms with Gasteiger partial charge in [0, 0.05) is 19.1 Å². The molecule has 25 heavy (non-hydrogen) atoms. The predicted octanol–water partition coefficient (Wildman–Crippen LogP) is 8.53. The maximum Gasteiger partial charge on any atom is 0.0471 e. The number of unbranched alkanes of at least 4 members (excludes halogenated alkanes) is 14. The van der Waals surface area contributed by atoms with Crippen LogP contribution >= 0.6 is 11.6 Å². The Kier molecular flexibility index (Phi) is 19.2. The van der Waals surface area contributed by atoms with Gasteiger partial charge in [0.25, 0.3) is 0 Å². The second-order valence-electron chi connectivity index (χ2n) is 8.92. The number of rotatable bonds is 19. The first-order chi connectivity index (χ1) is 12.1. The second-order valence-corrected chi connectivity index (χ2v) is 9.29. The normalized spacial score (nSPS) is 12.0. The summed E-state index contributed by atoms with van der Waals surface area (Å²) >= 11 is 5.69. The van der Waals surface area contributed by atoms with Crippen molar-refractivity contribution in [2.75, 3.05) is 19.1 Å². The number of hydrogen-bond acceptors (Lipinski definition) is 1. The van der Waals surface area contributed by atoms with Gasteiger partial charge in [0.15, 0.2) is 0 Å². The standard InChI is InChI=1S/C23H47ClO/c1-23(2,3)19-22-25-21-18-16-14-12-10-8-6-4-5-7-9-11-13-15-17-20-24/h4-22H2,1-3H3. The summed E-state index contributed by atoms with van der Waals surface area (Å²) in [5.74, 6) is 0.839. The van der Waals surface area contributed by atoms with Crippen LogP contribution in [0.25, 0.3) is 0 Å². The van der Waals surface area contributed by atoms with Crippen molar-refractivity contribution in [1.82, 2.24) is 0 Å². The van der Waals surface area contributed by atoms with E-state index in [-0.39, 0.29) is 0 Å². The fraction of sp³-hybridized carbons (Fsp3) is 1.00. The first-order valence-electron chi connectivity index (χ1n) is 11.2. The van der Waals surface area contributed by atoms with E-state index in [4.69, 9.17) is 16.3 Å². The zero-order valence-corrected chi connectivity index (χ0v) is 18.5. The summed E-state index contributed by atoms with van der Waals surface area (Å²) in [5, 5.41) is 0. The van der Waals surface area contributed by atoms with Gasteiger partial charge in [-0.3, -0.25) is 0 Å². The third-order valence-electron chi connectivity index (χ3n) is 4.92. The topological polar surface area (TPSA) is 9.23 Å². The predicted molar refractivity (Wildman–Crippen MR) is 115 cm³/mol. The summed E-state index contributed by atoms with van der Waals surface area (Å²) < 4.78 is 5.72. The molecule has 0 aliphatic heterocycles. The van der Waals surface area contributed by atoms with Crippen molar-refractivity contribution < 1.29 is 4.74 Å². The first kappa shape index (κ1) is 25.2. The molecule has 0 amide bonds. The highest BCUT2D eigenvalue weighted by molar-refractivity contribution is 6.17. The van der Waals surface area contributed by atoms with E-state index < -0.39 is 0 Å². The van der Waals surface area contributed by atoms with Gasteiger partial charge in [0.2, 0.25) is 0 Å². The molecule has 0 unspecified atom stereocenters. The lowest BCUT2D eigenvalue weighted by Gasteiger charge is -2.17. The smallest absolute Gasteiger partial charge is 0.0471 e. The molecule has 2 heteroatoms. The average Bonchev–Trinajstić information content (AvgIpc) is 2.56. The molecular weight excluding hydrogens is 328 g/mol. The molecule has 0 aromatic heterocycles. The van der Waals surface area contributed by atoms with E-state index in [1.54, 1.807) is 0 Å². The highest BCUT2D eigenvalue weighted by atomic mass is 35.5. The SMILES string of the molecule is CC(C)(C)CCOCCCCCCCCCCCCCCCCCCl. The zero-order valence-electron chi connectivity index (χ0n) is 17.7. The van der Waals surface area contributed by atoms with Gasteiger partial charge in [-0.05, 0) is 24.7 Å². The van der Waals surface area contributed by atoms with Crippen molar-refractivity contribution >= 4 is 11.6 Å². The minimum atomic E-state index is 0.407. The molecule has 0 aliphatic carbocycles. The van der Waals surface area contributed by atoms with Crippen LogP contribution < -0.4 is 0 Å². The van der Waals surface area contributed by atoms with Gasteiger partial charge >= 0.3 is 0 Å². The minimum Gasteiger partial charge on any atom is -0.381 e. The molecule has 0 aromatic rings. The number of hydrogen-bond donors (Lipinski definition) is 0. The fourth-order valence-electron chi connectivity index (χ4n) is 3.08. The Morgan fingerprint density at radius 2 is 0.880 bits per heavy atom. The van der Waals surface area contributed by atoms with Crippen molar-refractivity contribution in [2.45, 2.75) is 124 Å². The van der Waals surface area contributed by atoms with Gasteiger partial charge in [0.1, 0.15) is 0 Å². The monoisotopic (exact) mass is 374 g/mol. The summed E-state index contributed by atoms with van der Waals surface area (Å²) in [6, 6.07) is 0. The molecule has 0 fully saturated rings. The largest absolute Gasteiger partial charge is 0.381 e. The third kappa shape index (κ3) is 24.2. The van der Waals surface area contributed by atoms with E-state index >= 15 is 0 Å². The van der Waals surface area contributed by atoms with Crippen molar-refractivity contribution in [3.05, 3.63) is 0 Å². The molecule has 0 atom stereocenters. The second kappa shape index (κ2) is 19.0. The molecule has 0 bridgehead atoms. The lowest BCUT2D eigenvalue weighted by Crippen LogP contribution is -2.09. The molecule has 0 aliphatic rings. The van der Waals surface area contributed by atoms with E-state index in [1.807, 2.05) is 0 Å². The van der Waals surface area contributed by atoms with Gasteiger partial charge < -0.3 is 4.74 Å². The van der Waals surface area contributed by atoms with Crippen LogP contribution in [0.1, 0.15) is 124 Å². The van der Waals surface area contributed by atoms with Gasteiger partial charge in [-0.25, -0.2) is 0 Å². The molecular formula is C23H47ClO. The average molecular weight is 375 g/mol. The Balaban J connectivity index is 3.01. The van der Waals surface area contributed by atoms with Crippen LogP contribution in [-0.4, -0.2) is 19.1 Å². The van der Waals surface area contributed by atoms with Crippen LogP contribution in [0.5, 0.6) is 0 Å². The number of alkyl halides is 1. The quantitative estimate of drug-likeness (QED) is 0.162. The third-order valence-corrected chi connectivity index (χ3v) is 5.19. The first-order valence-corrected chi connectivity index (χ1v) is 11.7. The van der Waals surface area contributed by atoms with Crippen LogP contribution in [0.15, 0.2) is 0 Å². The van der Waals surface area contributed by atoms with Crippen LogP contribution in [0, 0.1) is 5.41 Å². The molecule has 0 rings (SSSR count). The lowest BCUT2D eigenvalue weighted by molar-refractivity contribution is 0.105. The Morgan fingerprint density at radius 1 is 0.520 bits per heavy atom. The molecule has 0 saturated carbocycles. The highest BCUT2D eigenvalue weighted by Gasteiger charge is 2.08. The van der Waals surface area contributed by atoms with E-state index in [9.17, 15) is 0 Å². The molecule has 1 nitrogen and oxygen atoms in total. The van der Waals surface area contributed by atoms with Crippen molar-refractivity contribution in [3.63, 3.8) is 0 Å². The van der Waals surface area contributed by atoms with E-state index in [0.29, 0.717) is 5.41 Å². The van der Waals surface area contributed by atoms with Gasteiger partial charge in [0.05, 0.1) is 0 Å². The van der Waals surface area contributed by atoms with Gasteiger partial charge in [-0.15, -0.1) is 11.6 Å². The molecule has 0 heterocycles. The summed E-state index contributed by atoms with van der Waals surface area (Å²) in [5.41, 5.74) is 0.407. The Bertz CT molecular complexity index is 247. The highest BCUT2D eigenvalue weighted by Crippen LogP contribution is 2.18. The molecule has 0 aromatic carbocycles. The maximum atomic E-state index is 5.72. The Morgan fingerprint density at radius 3 is 1.24 bits per heavy atom. The van der Waals surface area contributed by atoms with Crippen LogP contribution in [0.3, 0.4) is 0 Å². The minimum absolute atomic E-state index is 0.407. The van der Waals surface area contributed by atoms with Crippen molar-refractivity contribution in [3.8, 4) is 0 Å². The van der Waals surface area contributed by atoms with Gasteiger partial charge in [-0.2, -0.15) is 0 Å². The van der Waals surface area contributed by atoms with Crippen LogP contribution in [0.2, 0.25) is 0 Å². The van der Waals surface area contributed by atoms with Crippen LogP contribution in [-0.2, 0) is 4.74 Å². The van der Waals surface area contributed by atoms with Gasteiger partial charge in [-0.1, -0.05) is 104 Å². The Hall–Kier alpha value is 0.250. The fourth-order valence-corrected chi connectivity index (χ4v) is 3.27. The lowest BCUT2D eigenvalue weighted by atomic mass is 9.93. The summed E-state index contributed by atoms with van der Waals surface area (Å²) in [7, 11) is 0. The van der Waals surface area contributed by atoms with Crippen LogP contribution in [0.4, 0.5) is 0 Å². The molecule has 0 radical (unpaired) electrons. The maximum absolute atomic E-state index is 5.72. The van der Waals surface area contributed by atoms with Crippen molar-refractivity contribution in [1.29, 1.82) is 0 Å². The molecule has 0 N–H and O–H groups in total. The summed E-state index contributed by atoms with van der Waals surface area (Å²) in [4.78, 5) is 0. The number of halogens is 1. The van der Waals surface area contributed by atoms with E-state index in [1.165, 1.54) is 103 Å². The van der Waals surface area contributed by atoms with E-state index in [2.05, 4.69) is 20.8 Å². The molecule has 0 saturated heterocycles. The summed E-state index contributed by atoms with van der Waals surface area (Å²) in [6.45, 7) is 8.72.